The minimum absolute atomic E-state index is 0.0105. The second kappa shape index (κ2) is 6.36. The van der Waals surface area contributed by atoms with Gasteiger partial charge < -0.3 is 9.53 Å². The molecule has 0 aliphatic heterocycles. The van der Waals surface area contributed by atoms with Crippen LogP contribution in [0.5, 0.6) is 5.75 Å². The Morgan fingerprint density at radius 2 is 1.95 bits per heavy atom. The third-order valence-corrected chi connectivity index (χ3v) is 7.48. The molecule has 0 aliphatic carbocycles. The van der Waals surface area contributed by atoms with Crippen LogP contribution in [-0.2, 0) is 0 Å². The Balaban J connectivity index is 2.52. The Morgan fingerprint density at radius 1 is 1.35 bits per heavy atom. The lowest BCUT2D eigenvalue weighted by atomic mass is 10.1. The van der Waals surface area contributed by atoms with E-state index in [0.717, 1.165) is 12.8 Å². The van der Waals surface area contributed by atoms with Crippen LogP contribution in [0.25, 0.3) is 0 Å². The highest BCUT2D eigenvalue weighted by molar-refractivity contribution is 6.72. The van der Waals surface area contributed by atoms with Crippen molar-refractivity contribution in [2.75, 3.05) is 6.61 Å². The topological polar surface area (TPSA) is 72.6 Å². The van der Waals surface area contributed by atoms with E-state index in [2.05, 4.69) is 13.8 Å². The molecule has 0 saturated heterocycles. The molecule has 1 N–H and O–H groups in total. The van der Waals surface area contributed by atoms with Crippen molar-refractivity contribution in [2.45, 2.75) is 44.8 Å². The second-order valence-electron chi connectivity index (χ2n) is 6.12. The first-order valence-corrected chi connectivity index (χ1v) is 9.68. The predicted octanol–water partition coefficient (Wildman–Crippen LogP) is 3.73. The van der Waals surface area contributed by atoms with Gasteiger partial charge in [-0.1, -0.05) is 26.0 Å². The first kappa shape index (κ1) is 16.7. The fraction of sp³-hybridized carbons (Fsp3) is 0.571. The molecule has 112 valence electrons. The number of nitrogens with zero attached hydrogens (tertiary/aromatic N) is 1. The van der Waals surface area contributed by atoms with Crippen molar-refractivity contribution in [3.05, 3.63) is 34.4 Å². The maximum absolute atomic E-state index is 10.8. The molecule has 1 aromatic rings. The minimum Gasteiger partial charge on any atom is -0.487 e. The van der Waals surface area contributed by atoms with Gasteiger partial charge in [0.1, 0.15) is 0 Å². The summed E-state index contributed by atoms with van der Waals surface area (Å²) in [6.07, 6.45) is 1.60. The SMILES string of the molecule is CC(C)(CCCOc1ccccc1[N+](=O)[O-])[Si](C)(C)O. The lowest BCUT2D eigenvalue weighted by Crippen LogP contribution is -2.39. The molecule has 0 radical (unpaired) electrons. The first-order chi connectivity index (χ1) is 9.15. The summed E-state index contributed by atoms with van der Waals surface area (Å²) in [5.41, 5.74) is -0.0105. The Morgan fingerprint density at radius 3 is 2.50 bits per heavy atom. The lowest BCUT2D eigenvalue weighted by Gasteiger charge is -2.35. The van der Waals surface area contributed by atoms with Crippen LogP contribution >= 0.6 is 0 Å². The zero-order valence-corrected chi connectivity index (χ0v) is 13.5. The predicted molar refractivity (Wildman–Crippen MR) is 81.6 cm³/mol. The highest BCUT2D eigenvalue weighted by Gasteiger charge is 2.37. The number of ether oxygens (including phenoxy) is 1. The van der Waals surface area contributed by atoms with Gasteiger partial charge in [-0.05, 0) is 37.0 Å². The summed E-state index contributed by atoms with van der Waals surface area (Å²) in [5, 5.41) is 10.7. The molecule has 0 bridgehead atoms. The molecule has 0 spiro atoms. The Kier molecular flexibility index (Phi) is 5.30. The molecule has 0 fully saturated rings. The van der Waals surface area contributed by atoms with Crippen molar-refractivity contribution < 1.29 is 14.5 Å². The summed E-state index contributed by atoms with van der Waals surface area (Å²) in [7, 11) is -2.21. The molecule has 0 aromatic heterocycles. The zero-order valence-electron chi connectivity index (χ0n) is 12.5. The van der Waals surface area contributed by atoms with Crippen molar-refractivity contribution in [3.8, 4) is 5.75 Å². The van der Waals surface area contributed by atoms with Crippen LogP contribution in [0.4, 0.5) is 5.69 Å². The van der Waals surface area contributed by atoms with E-state index in [4.69, 9.17) is 4.74 Å². The average Bonchev–Trinajstić information content (AvgIpc) is 2.33. The van der Waals surface area contributed by atoms with E-state index in [0.29, 0.717) is 12.4 Å². The van der Waals surface area contributed by atoms with E-state index < -0.39 is 13.2 Å². The van der Waals surface area contributed by atoms with Crippen LogP contribution < -0.4 is 4.74 Å². The molecule has 6 heteroatoms. The zero-order chi connectivity index (χ0) is 15.4. The van der Waals surface area contributed by atoms with E-state index in [1.807, 2.05) is 13.1 Å². The molecule has 20 heavy (non-hydrogen) atoms. The molecule has 5 nitrogen and oxygen atoms in total. The van der Waals surface area contributed by atoms with Crippen LogP contribution in [-0.4, -0.2) is 24.6 Å². The minimum atomic E-state index is -2.21. The number of hydrogen-bond acceptors (Lipinski definition) is 4. The number of nitro benzene ring substituents is 1. The molecule has 0 aliphatic rings. The molecule has 0 heterocycles. The van der Waals surface area contributed by atoms with Crippen molar-refractivity contribution in [1.82, 2.24) is 0 Å². The molecule has 1 aromatic carbocycles. The lowest BCUT2D eigenvalue weighted by molar-refractivity contribution is -0.385. The summed E-state index contributed by atoms with van der Waals surface area (Å²) in [6, 6.07) is 6.38. The average molecular weight is 297 g/mol. The van der Waals surface area contributed by atoms with Crippen LogP contribution in [0, 0.1) is 10.1 Å². The Hall–Kier alpha value is -1.40. The van der Waals surface area contributed by atoms with Gasteiger partial charge in [-0.15, -0.1) is 0 Å². The van der Waals surface area contributed by atoms with Gasteiger partial charge in [0.2, 0.25) is 0 Å². The standard InChI is InChI=1S/C14H23NO4Si/c1-14(2,20(3,4)18)10-7-11-19-13-9-6-5-8-12(13)15(16)17/h5-6,8-9,18H,7,10-11H2,1-4H3. The summed E-state index contributed by atoms with van der Waals surface area (Å²) >= 11 is 0. The van der Waals surface area contributed by atoms with Gasteiger partial charge in [-0.3, -0.25) is 10.1 Å². The highest BCUT2D eigenvalue weighted by atomic mass is 28.4. The molecule has 0 unspecified atom stereocenters. The fourth-order valence-electron chi connectivity index (χ4n) is 1.73. The molecule has 1 rings (SSSR count). The number of benzene rings is 1. The molecule has 0 atom stereocenters. The quantitative estimate of drug-likeness (QED) is 0.360. The van der Waals surface area contributed by atoms with Gasteiger partial charge in [-0.25, -0.2) is 0 Å². The Bertz CT molecular complexity index is 468. The monoisotopic (exact) mass is 297 g/mol. The summed E-state index contributed by atoms with van der Waals surface area (Å²) in [4.78, 5) is 20.6. The van der Waals surface area contributed by atoms with Crippen LogP contribution in [0.15, 0.2) is 24.3 Å². The number of hydrogen-bond donors (Lipinski definition) is 1. The maximum atomic E-state index is 10.8. The van der Waals surface area contributed by atoms with E-state index in [-0.39, 0.29) is 10.7 Å². The number of nitro groups is 1. The van der Waals surface area contributed by atoms with Crippen molar-refractivity contribution >= 4 is 14.0 Å². The van der Waals surface area contributed by atoms with Crippen molar-refractivity contribution in [3.63, 3.8) is 0 Å². The third kappa shape index (κ3) is 4.31. The molecular weight excluding hydrogens is 274 g/mol. The number of para-hydroxylation sites is 2. The molecule has 0 amide bonds. The van der Waals surface area contributed by atoms with Gasteiger partial charge in [0, 0.05) is 6.07 Å². The normalized spacial score (nSPS) is 12.2. The molecular formula is C14H23NO4Si. The van der Waals surface area contributed by atoms with Gasteiger partial charge in [0.25, 0.3) is 0 Å². The fourth-order valence-corrected chi connectivity index (χ4v) is 2.52. The van der Waals surface area contributed by atoms with E-state index in [1.54, 1.807) is 18.2 Å². The number of rotatable bonds is 7. The summed E-state index contributed by atoms with van der Waals surface area (Å²) in [5.74, 6) is 0.302. The van der Waals surface area contributed by atoms with E-state index in [9.17, 15) is 14.9 Å². The maximum Gasteiger partial charge on any atom is 0.310 e. The van der Waals surface area contributed by atoms with Crippen molar-refractivity contribution in [1.29, 1.82) is 0 Å². The van der Waals surface area contributed by atoms with Crippen LogP contribution in [0.2, 0.25) is 18.1 Å². The summed E-state index contributed by atoms with van der Waals surface area (Å²) in [6.45, 7) is 8.39. The largest absolute Gasteiger partial charge is 0.487 e. The first-order valence-electron chi connectivity index (χ1n) is 6.74. The van der Waals surface area contributed by atoms with Crippen LogP contribution in [0.3, 0.4) is 0 Å². The van der Waals surface area contributed by atoms with Gasteiger partial charge in [0.15, 0.2) is 14.1 Å². The van der Waals surface area contributed by atoms with Gasteiger partial charge in [0.05, 0.1) is 11.5 Å². The smallest absolute Gasteiger partial charge is 0.310 e. The third-order valence-electron chi connectivity index (χ3n) is 3.92. The summed E-state index contributed by atoms with van der Waals surface area (Å²) < 4.78 is 5.50. The van der Waals surface area contributed by atoms with Gasteiger partial charge >= 0.3 is 5.69 Å². The van der Waals surface area contributed by atoms with Crippen LogP contribution in [0.1, 0.15) is 26.7 Å². The van der Waals surface area contributed by atoms with E-state index >= 15 is 0 Å². The van der Waals surface area contributed by atoms with Gasteiger partial charge in [-0.2, -0.15) is 0 Å². The second-order valence-corrected chi connectivity index (χ2v) is 10.6. The molecule has 0 saturated carbocycles. The highest BCUT2D eigenvalue weighted by Crippen LogP contribution is 2.39. The Labute approximate surface area is 120 Å². The van der Waals surface area contributed by atoms with E-state index in [1.165, 1.54) is 6.07 Å². The van der Waals surface area contributed by atoms with Crippen molar-refractivity contribution in [2.24, 2.45) is 0 Å².